The largest absolute Gasteiger partial charge is 0.507 e. The van der Waals surface area contributed by atoms with Gasteiger partial charge in [0, 0.05) is 16.7 Å². The van der Waals surface area contributed by atoms with Crippen LogP contribution in [0.2, 0.25) is 0 Å². The van der Waals surface area contributed by atoms with Crippen LogP contribution in [0, 0.1) is 0 Å². The van der Waals surface area contributed by atoms with E-state index in [0.717, 1.165) is 16.9 Å². The average molecular weight is 438 g/mol. The fourth-order valence-electron chi connectivity index (χ4n) is 3.10. The second-order valence-electron chi connectivity index (χ2n) is 6.97. The van der Waals surface area contributed by atoms with E-state index in [9.17, 15) is 14.7 Å². The minimum absolute atomic E-state index is 0.0175. The molecule has 1 heterocycles. The molecule has 0 aliphatic rings. The summed E-state index contributed by atoms with van der Waals surface area (Å²) in [5, 5.41) is 20.3. The summed E-state index contributed by atoms with van der Waals surface area (Å²) >= 11 is 1.37. The predicted molar refractivity (Wildman–Crippen MR) is 118 cm³/mol. The minimum atomic E-state index is -0.973. The summed E-state index contributed by atoms with van der Waals surface area (Å²) in [6.07, 6.45) is 3.07. The van der Waals surface area contributed by atoms with Gasteiger partial charge in [-0.1, -0.05) is 31.2 Å². The third-order valence-electron chi connectivity index (χ3n) is 4.62. The van der Waals surface area contributed by atoms with Gasteiger partial charge in [-0.25, -0.2) is 9.78 Å². The molecule has 31 heavy (non-hydrogen) atoms. The van der Waals surface area contributed by atoms with Gasteiger partial charge in [0.1, 0.15) is 23.1 Å². The first-order valence-electron chi connectivity index (χ1n) is 9.83. The topological polar surface area (TPSA) is 96.7 Å². The van der Waals surface area contributed by atoms with Crippen LogP contribution in [0.3, 0.4) is 0 Å². The van der Waals surface area contributed by atoms with E-state index in [4.69, 9.17) is 9.84 Å². The summed E-state index contributed by atoms with van der Waals surface area (Å²) in [4.78, 5) is 28.0. The number of carboxylic acids is 1. The van der Waals surface area contributed by atoms with E-state index < -0.39 is 5.97 Å². The number of benzene rings is 2. The molecule has 6 nitrogen and oxygen atoms in total. The Morgan fingerprint density at radius 3 is 2.65 bits per heavy atom. The number of ketones is 1. The Morgan fingerprint density at radius 2 is 1.94 bits per heavy atom. The van der Waals surface area contributed by atoms with Gasteiger partial charge < -0.3 is 14.9 Å². The lowest BCUT2D eigenvalue weighted by Gasteiger charge is -2.15. The maximum absolute atomic E-state index is 11.7. The second-order valence-corrected chi connectivity index (χ2v) is 8.06. The van der Waals surface area contributed by atoms with Crippen molar-refractivity contribution in [3.05, 3.63) is 77.0 Å². The maximum atomic E-state index is 11.7. The number of Topliss-reactive ketones (excluding diaryl/α,β-unsaturated/α-hetero) is 1. The van der Waals surface area contributed by atoms with Gasteiger partial charge in [0.15, 0.2) is 5.78 Å². The van der Waals surface area contributed by atoms with Crippen LogP contribution in [0.15, 0.2) is 64.6 Å². The van der Waals surface area contributed by atoms with Crippen LogP contribution < -0.4 is 4.74 Å². The van der Waals surface area contributed by atoms with Gasteiger partial charge in [0.05, 0.1) is 11.1 Å². The Kier molecular flexibility index (Phi) is 7.31. The summed E-state index contributed by atoms with van der Waals surface area (Å²) in [7, 11) is 0. The fourth-order valence-corrected chi connectivity index (χ4v) is 4.00. The van der Waals surface area contributed by atoms with Crippen LogP contribution in [0.25, 0.3) is 0 Å². The zero-order valence-electron chi connectivity index (χ0n) is 17.3. The SMILES string of the molecule is CCCc1c(OCc2ccnc(Sc3cccc(C(=O)O)c3)c2)ccc(C(C)=O)c1O. The van der Waals surface area contributed by atoms with Crippen LogP contribution in [-0.4, -0.2) is 26.9 Å². The molecule has 0 aliphatic heterocycles. The van der Waals surface area contributed by atoms with Crippen LogP contribution in [0.1, 0.15) is 52.1 Å². The molecular weight excluding hydrogens is 414 g/mol. The van der Waals surface area contributed by atoms with E-state index in [1.165, 1.54) is 18.7 Å². The van der Waals surface area contributed by atoms with Crippen LogP contribution in [-0.2, 0) is 13.0 Å². The lowest BCUT2D eigenvalue weighted by molar-refractivity contribution is 0.0696. The van der Waals surface area contributed by atoms with E-state index in [1.807, 2.05) is 25.1 Å². The molecule has 0 saturated carbocycles. The van der Waals surface area contributed by atoms with Gasteiger partial charge >= 0.3 is 5.97 Å². The smallest absolute Gasteiger partial charge is 0.335 e. The van der Waals surface area contributed by atoms with Gasteiger partial charge in [0.25, 0.3) is 0 Å². The summed E-state index contributed by atoms with van der Waals surface area (Å²) in [5.74, 6) is -0.635. The molecule has 0 fully saturated rings. The molecule has 0 atom stereocenters. The number of aromatic carboxylic acids is 1. The number of carboxylic acid groups (broad SMARTS) is 1. The van der Waals surface area contributed by atoms with Crippen molar-refractivity contribution >= 4 is 23.5 Å². The normalized spacial score (nSPS) is 10.6. The number of pyridine rings is 1. The first kappa shape index (κ1) is 22.4. The van der Waals surface area contributed by atoms with E-state index in [2.05, 4.69) is 4.98 Å². The molecule has 0 aliphatic carbocycles. The highest BCUT2D eigenvalue weighted by molar-refractivity contribution is 7.99. The molecule has 0 unspecified atom stereocenters. The number of hydrogen-bond acceptors (Lipinski definition) is 6. The van der Waals surface area contributed by atoms with Crippen molar-refractivity contribution in [3.63, 3.8) is 0 Å². The fraction of sp³-hybridized carbons (Fsp3) is 0.208. The molecule has 160 valence electrons. The number of aromatic nitrogens is 1. The molecule has 3 aromatic rings. The quantitative estimate of drug-likeness (QED) is 0.434. The summed E-state index contributed by atoms with van der Waals surface area (Å²) < 4.78 is 5.96. The van der Waals surface area contributed by atoms with Gasteiger partial charge in [0.2, 0.25) is 0 Å². The third kappa shape index (κ3) is 5.64. The molecule has 1 aromatic heterocycles. The monoisotopic (exact) mass is 437 g/mol. The Balaban J connectivity index is 1.76. The van der Waals surface area contributed by atoms with Gasteiger partial charge in [-0.05, 0) is 61.4 Å². The van der Waals surface area contributed by atoms with Crippen molar-refractivity contribution in [2.24, 2.45) is 0 Å². The number of phenolic OH excluding ortho intramolecular Hbond substituents is 1. The number of carbonyl (C=O) groups excluding carboxylic acids is 1. The first-order valence-corrected chi connectivity index (χ1v) is 10.7. The second kappa shape index (κ2) is 10.1. The highest BCUT2D eigenvalue weighted by Gasteiger charge is 2.16. The molecule has 2 aromatic carbocycles. The van der Waals surface area contributed by atoms with E-state index in [0.29, 0.717) is 28.3 Å². The van der Waals surface area contributed by atoms with E-state index in [1.54, 1.807) is 36.5 Å². The van der Waals surface area contributed by atoms with Gasteiger partial charge in [-0.3, -0.25) is 4.79 Å². The van der Waals surface area contributed by atoms with Crippen molar-refractivity contribution < 1.29 is 24.5 Å². The van der Waals surface area contributed by atoms with Crippen LogP contribution >= 0.6 is 11.8 Å². The van der Waals surface area contributed by atoms with Crippen molar-refractivity contribution in [1.82, 2.24) is 4.98 Å². The van der Waals surface area contributed by atoms with Crippen LogP contribution in [0.4, 0.5) is 0 Å². The van der Waals surface area contributed by atoms with E-state index in [-0.39, 0.29) is 23.7 Å². The molecule has 0 spiro atoms. The number of nitrogens with zero attached hydrogens (tertiary/aromatic N) is 1. The molecule has 0 saturated heterocycles. The minimum Gasteiger partial charge on any atom is -0.507 e. The summed E-state index contributed by atoms with van der Waals surface area (Å²) in [6.45, 7) is 3.68. The molecule has 0 amide bonds. The molecular formula is C24H23NO5S. The standard InChI is InChI=1S/C24H23NO5S/c1-3-5-20-21(9-8-19(15(2)26)23(20)27)30-14-16-10-11-25-22(12-16)31-18-7-4-6-17(13-18)24(28)29/h4,6-13,27H,3,5,14H2,1-2H3,(H,28,29). The van der Waals surface area contributed by atoms with Gasteiger partial charge in [-0.2, -0.15) is 0 Å². The third-order valence-corrected chi connectivity index (χ3v) is 5.54. The van der Waals surface area contributed by atoms with Gasteiger partial charge in [-0.15, -0.1) is 0 Å². The van der Waals surface area contributed by atoms with Crippen molar-refractivity contribution in [3.8, 4) is 11.5 Å². The number of hydrogen-bond donors (Lipinski definition) is 2. The number of rotatable bonds is 9. The van der Waals surface area contributed by atoms with Crippen molar-refractivity contribution in [1.29, 1.82) is 0 Å². The highest BCUT2D eigenvalue weighted by atomic mass is 32.2. The zero-order valence-corrected chi connectivity index (χ0v) is 18.1. The number of carbonyl (C=O) groups is 2. The maximum Gasteiger partial charge on any atom is 0.335 e. The Labute approximate surface area is 184 Å². The zero-order chi connectivity index (χ0) is 22.4. The Morgan fingerprint density at radius 1 is 1.13 bits per heavy atom. The van der Waals surface area contributed by atoms with Crippen LogP contribution in [0.5, 0.6) is 11.5 Å². The van der Waals surface area contributed by atoms with Crippen molar-refractivity contribution in [2.45, 2.75) is 43.2 Å². The molecule has 0 radical (unpaired) electrons. The molecule has 3 rings (SSSR count). The van der Waals surface area contributed by atoms with Crippen molar-refractivity contribution in [2.75, 3.05) is 0 Å². The Hall–Kier alpha value is -3.32. The lowest BCUT2D eigenvalue weighted by atomic mass is 10.0. The molecule has 0 bridgehead atoms. The number of phenols is 1. The van der Waals surface area contributed by atoms with E-state index >= 15 is 0 Å². The predicted octanol–water partition coefficient (Wildman–Crippen LogP) is 5.37. The summed E-state index contributed by atoms with van der Waals surface area (Å²) in [5.41, 5.74) is 2.03. The molecule has 7 heteroatoms. The number of aromatic hydroxyl groups is 1. The first-order chi connectivity index (χ1) is 14.9. The molecule has 2 N–H and O–H groups in total. The lowest BCUT2D eigenvalue weighted by Crippen LogP contribution is -2.02. The average Bonchev–Trinajstić information content (AvgIpc) is 2.74. The number of ether oxygens (including phenoxy) is 1. The summed E-state index contributed by atoms with van der Waals surface area (Å²) in [6, 6.07) is 13.7. The Bertz CT molecular complexity index is 1110. The highest BCUT2D eigenvalue weighted by Crippen LogP contribution is 2.34.